The zero-order valence-electron chi connectivity index (χ0n) is 12.0. The second kappa shape index (κ2) is 5.69. The maximum atomic E-state index is 11.5. The SMILES string of the molecule is Cn1cc(C2CN(Cc3ccccc3)CC2C(=O)O)cn1. The van der Waals surface area contributed by atoms with E-state index in [1.54, 1.807) is 10.9 Å². The molecule has 1 N–H and O–H groups in total. The van der Waals surface area contributed by atoms with E-state index < -0.39 is 5.97 Å². The van der Waals surface area contributed by atoms with Gasteiger partial charge >= 0.3 is 5.97 Å². The summed E-state index contributed by atoms with van der Waals surface area (Å²) in [6, 6.07) is 10.2. The molecule has 0 amide bonds. The first-order chi connectivity index (χ1) is 10.1. The molecule has 2 heterocycles. The summed E-state index contributed by atoms with van der Waals surface area (Å²) >= 11 is 0. The van der Waals surface area contributed by atoms with Gasteiger partial charge in [-0.3, -0.25) is 14.4 Å². The molecule has 0 bridgehead atoms. The van der Waals surface area contributed by atoms with Crippen LogP contribution in [0.1, 0.15) is 17.0 Å². The predicted octanol–water partition coefficient (Wildman–Crippen LogP) is 1.72. The van der Waals surface area contributed by atoms with Crippen molar-refractivity contribution in [3.8, 4) is 0 Å². The fourth-order valence-electron chi connectivity index (χ4n) is 3.08. The molecule has 2 atom stereocenters. The van der Waals surface area contributed by atoms with Crippen LogP contribution in [0.2, 0.25) is 0 Å². The molecule has 110 valence electrons. The standard InChI is InChI=1S/C16H19N3O2/c1-18-9-13(7-17-18)14-10-19(11-15(14)16(20)21)8-12-5-3-2-4-6-12/h2-7,9,14-15H,8,10-11H2,1H3,(H,20,21). The van der Waals surface area contributed by atoms with E-state index >= 15 is 0 Å². The third kappa shape index (κ3) is 2.97. The van der Waals surface area contributed by atoms with Crippen molar-refractivity contribution in [2.24, 2.45) is 13.0 Å². The fourth-order valence-corrected chi connectivity index (χ4v) is 3.08. The van der Waals surface area contributed by atoms with Crippen molar-refractivity contribution in [3.05, 3.63) is 53.9 Å². The van der Waals surface area contributed by atoms with Gasteiger partial charge in [0.25, 0.3) is 0 Å². The fraction of sp³-hybridized carbons (Fsp3) is 0.375. The lowest BCUT2D eigenvalue weighted by molar-refractivity contribution is -0.141. The Kier molecular flexibility index (Phi) is 3.75. The zero-order chi connectivity index (χ0) is 14.8. The van der Waals surface area contributed by atoms with Crippen molar-refractivity contribution < 1.29 is 9.90 Å². The first-order valence-electron chi connectivity index (χ1n) is 7.11. The van der Waals surface area contributed by atoms with Crippen LogP contribution in [-0.4, -0.2) is 38.8 Å². The van der Waals surface area contributed by atoms with Crippen molar-refractivity contribution in [3.63, 3.8) is 0 Å². The molecule has 1 aliphatic heterocycles. The number of aromatic nitrogens is 2. The molecule has 1 aromatic heterocycles. The third-order valence-electron chi connectivity index (χ3n) is 4.11. The molecule has 0 aliphatic carbocycles. The number of carboxylic acids is 1. The van der Waals surface area contributed by atoms with Gasteiger partial charge in [-0.2, -0.15) is 5.10 Å². The average molecular weight is 285 g/mol. The topological polar surface area (TPSA) is 58.4 Å². The molecular formula is C16H19N3O2. The highest BCUT2D eigenvalue weighted by molar-refractivity contribution is 5.72. The Hall–Kier alpha value is -2.14. The number of aliphatic carboxylic acids is 1. The van der Waals surface area contributed by atoms with Crippen molar-refractivity contribution in [2.45, 2.75) is 12.5 Å². The Balaban J connectivity index is 1.76. The van der Waals surface area contributed by atoms with Gasteiger partial charge in [0.2, 0.25) is 0 Å². The average Bonchev–Trinajstić information content (AvgIpc) is 3.06. The van der Waals surface area contributed by atoms with Crippen LogP contribution >= 0.6 is 0 Å². The van der Waals surface area contributed by atoms with Crippen molar-refractivity contribution in [2.75, 3.05) is 13.1 Å². The van der Waals surface area contributed by atoms with E-state index in [0.29, 0.717) is 6.54 Å². The lowest BCUT2D eigenvalue weighted by atomic mass is 9.91. The van der Waals surface area contributed by atoms with E-state index in [9.17, 15) is 9.90 Å². The Morgan fingerprint density at radius 2 is 2.10 bits per heavy atom. The Morgan fingerprint density at radius 1 is 1.33 bits per heavy atom. The third-order valence-corrected chi connectivity index (χ3v) is 4.11. The smallest absolute Gasteiger partial charge is 0.308 e. The van der Waals surface area contributed by atoms with Crippen LogP contribution in [0.15, 0.2) is 42.7 Å². The van der Waals surface area contributed by atoms with E-state index in [1.165, 1.54) is 5.56 Å². The van der Waals surface area contributed by atoms with Gasteiger partial charge in [0.05, 0.1) is 12.1 Å². The molecule has 0 spiro atoms. The van der Waals surface area contributed by atoms with Crippen LogP contribution in [0.4, 0.5) is 0 Å². The highest BCUT2D eigenvalue weighted by atomic mass is 16.4. The number of hydrogen-bond donors (Lipinski definition) is 1. The van der Waals surface area contributed by atoms with Gasteiger partial charge in [-0.15, -0.1) is 0 Å². The number of aryl methyl sites for hydroxylation is 1. The zero-order valence-corrected chi connectivity index (χ0v) is 12.0. The maximum Gasteiger partial charge on any atom is 0.308 e. The molecule has 1 aromatic carbocycles. The van der Waals surface area contributed by atoms with E-state index in [0.717, 1.165) is 18.7 Å². The molecule has 1 aliphatic rings. The minimum absolute atomic E-state index is 0.0138. The predicted molar refractivity (Wildman–Crippen MR) is 78.8 cm³/mol. The molecule has 3 rings (SSSR count). The first-order valence-corrected chi connectivity index (χ1v) is 7.11. The molecule has 2 unspecified atom stereocenters. The number of rotatable bonds is 4. The largest absolute Gasteiger partial charge is 0.481 e. The molecule has 1 fully saturated rings. The molecule has 5 heteroatoms. The van der Waals surface area contributed by atoms with Gasteiger partial charge in [-0.1, -0.05) is 30.3 Å². The number of likely N-dealkylation sites (tertiary alicyclic amines) is 1. The molecule has 1 saturated heterocycles. The van der Waals surface area contributed by atoms with Gasteiger partial charge < -0.3 is 5.11 Å². The van der Waals surface area contributed by atoms with Gasteiger partial charge in [-0.05, 0) is 11.1 Å². The van der Waals surface area contributed by atoms with Gasteiger partial charge in [0.1, 0.15) is 0 Å². The van der Waals surface area contributed by atoms with Gasteiger partial charge in [0, 0.05) is 38.8 Å². The van der Waals surface area contributed by atoms with Crippen LogP contribution in [0.5, 0.6) is 0 Å². The number of carboxylic acid groups (broad SMARTS) is 1. The summed E-state index contributed by atoms with van der Waals surface area (Å²) in [5.74, 6) is -1.07. The highest BCUT2D eigenvalue weighted by Gasteiger charge is 2.38. The molecule has 2 aromatic rings. The van der Waals surface area contributed by atoms with Crippen LogP contribution in [0.25, 0.3) is 0 Å². The van der Waals surface area contributed by atoms with Crippen LogP contribution < -0.4 is 0 Å². The lowest BCUT2D eigenvalue weighted by Crippen LogP contribution is -2.23. The summed E-state index contributed by atoms with van der Waals surface area (Å²) in [6.45, 7) is 2.14. The Bertz CT molecular complexity index is 623. The van der Waals surface area contributed by atoms with E-state index in [-0.39, 0.29) is 11.8 Å². The summed E-state index contributed by atoms with van der Waals surface area (Å²) in [5, 5.41) is 13.7. The Labute approximate surface area is 123 Å². The summed E-state index contributed by atoms with van der Waals surface area (Å²) < 4.78 is 1.73. The quantitative estimate of drug-likeness (QED) is 0.929. The summed E-state index contributed by atoms with van der Waals surface area (Å²) in [4.78, 5) is 13.8. The summed E-state index contributed by atoms with van der Waals surface area (Å²) in [6.07, 6.45) is 3.71. The van der Waals surface area contributed by atoms with E-state index in [4.69, 9.17) is 0 Å². The van der Waals surface area contributed by atoms with Gasteiger partial charge in [-0.25, -0.2) is 0 Å². The van der Waals surface area contributed by atoms with Crippen molar-refractivity contribution in [1.82, 2.24) is 14.7 Å². The molecule has 0 radical (unpaired) electrons. The minimum Gasteiger partial charge on any atom is -0.481 e. The minimum atomic E-state index is -0.723. The number of benzene rings is 1. The monoisotopic (exact) mass is 285 g/mol. The second-order valence-electron chi connectivity index (χ2n) is 5.68. The van der Waals surface area contributed by atoms with Crippen molar-refractivity contribution >= 4 is 5.97 Å². The van der Waals surface area contributed by atoms with E-state index in [1.807, 2.05) is 31.4 Å². The van der Waals surface area contributed by atoms with Crippen LogP contribution in [-0.2, 0) is 18.4 Å². The summed E-state index contributed by atoms with van der Waals surface area (Å²) in [5.41, 5.74) is 2.23. The van der Waals surface area contributed by atoms with Crippen molar-refractivity contribution in [1.29, 1.82) is 0 Å². The van der Waals surface area contributed by atoms with Crippen LogP contribution in [0, 0.1) is 5.92 Å². The summed E-state index contributed by atoms with van der Waals surface area (Å²) in [7, 11) is 1.86. The molecule has 21 heavy (non-hydrogen) atoms. The molecule has 5 nitrogen and oxygen atoms in total. The van der Waals surface area contributed by atoms with E-state index in [2.05, 4.69) is 22.1 Å². The molecule has 0 saturated carbocycles. The van der Waals surface area contributed by atoms with Gasteiger partial charge in [0.15, 0.2) is 0 Å². The maximum absolute atomic E-state index is 11.5. The Morgan fingerprint density at radius 3 is 2.71 bits per heavy atom. The first kappa shape index (κ1) is 13.8. The molecular weight excluding hydrogens is 266 g/mol. The lowest BCUT2D eigenvalue weighted by Gasteiger charge is -2.15. The second-order valence-corrected chi connectivity index (χ2v) is 5.68. The van der Waals surface area contributed by atoms with Crippen LogP contribution in [0.3, 0.4) is 0 Å². The normalized spacial score (nSPS) is 22.5. The number of nitrogens with zero attached hydrogens (tertiary/aromatic N) is 3. The highest BCUT2D eigenvalue weighted by Crippen LogP contribution is 2.33. The number of carbonyl (C=O) groups is 1. The number of hydrogen-bond acceptors (Lipinski definition) is 3.